The molecule has 0 unspecified atom stereocenters. The fourth-order valence-corrected chi connectivity index (χ4v) is 4.88. The molecular weight excluding hydrogens is 424 g/mol. The first-order valence-electron chi connectivity index (χ1n) is 11.7. The fraction of sp³-hybridized carbons (Fsp3) is 0.222. The smallest absolute Gasteiger partial charge is 0.278 e. The average Bonchev–Trinajstić information content (AvgIpc) is 3.49. The van der Waals surface area contributed by atoms with Crippen LogP contribution in [0.15, 0.2) is 72.9 Å². The van der Waals surface area contributed by atoms with Crippen LogP contribution in [-0.4, -0.2) is 38.3 Å². The Morgan fingerprint density at radius 1 is 1.00 bits per heavy atom. The molecule has 0 atom stereocenters. The summed E-state index contributed by atoms with van der Waals surface area (Å²) in [5.74, 6) is 0.760. The first-order valence-corrected chi connectivity index (χ1v) is 11.7. The maximum absolute atomic E-state index is 12.8. The van der Waals surface area contributed by atoms with Gasteiger partial charge in [-0.15, -0.1) is 0 Å². The second kappa shape index (κ2) is 8.33. The molecule has 5 aromatic rings. The molecule has 34 heavy (non-hydrogen) atoms. The van der Waals surface area contributed by atoms with Gasteiger partial charge in [0.25, 0.3) is 5.91 Å². The number of pyridine rings is 1. The Hall–Kier alpha value is -4.13. The van der Waals surface area contributed by atoms with Crippen LogP contribution in [-0.2, 0) is 0 Å². The summed E-state index contributed by atoms with van der Waals surface area (Å²) >= 11 is 0. The van der Waals surface area contributed by atoms with Crippen LogP contribution >= 0.6 is 0 Å². The number of aryl methyl sites for hydroxylation is 1. The highest BCUT2D eigenvalue weighted by molar-refractivity contribution is 6.03. The fourth-order valence-electron chi connectivity index (χ4n) is 4.88. The number of anilines is 2. The van der Waals surface area contributed by atoms with Gasteiger partial charge in [-0.1, -0.05) is 36.4 Å². The van der Waals surface area contributed by atoms with Crippen molar-refractivity contribution < 1.29 is 4.79 Å². The van der Waals surface area contributed by atoms with Crippen molar-refractivity contribution in [3.8, 4) is 0 Å². The van der Waals surface area contributed by atoms with Gasteiger partial charge in [0.05, 0.1) is 11.0 Å². The highest BCUT2D eigenvalue weighted by Gasteiger charge is 2.21. The molecule has 4 heterocycles. The molecule has 3 aromatic heterocycles. The van der Waals surface area contributed by atoms with Gasteiger partial charge < -0.3 is 14.3 Å². The number of nitrogens with zero attached hydrogens (tertiary/aromatic N) is 4. The molecule has 1 fully saturated rings. The predicted molar refractivity (Wildman–Crippen MR) is 135 cm³/mol. The number of carbonyl (C=O) groups is 1. The standard InChI is InChI=1S/C27H26N6O/c1-18-6-5-9-25-28-24(17-33(18)25)26(34)31-27-29-22-11-10-21(16-23(22)30-27)32-14-12-20(13-15-32)19-7-3-2-4-8-19/h2-11,16-17,20H,12-15H2,1H3,(H2,29,30,31,34). The number of fused-ring (bicyclic) bond motifs is 2. The lowest BCUT2D eigenvalue weighted by molar-refractivity contribution is 0.102. The van der Waals surface area contributed by atoms with Gasteiger partial charge in [0.15, 0.2) is 0 Å². The Morgan fingerprint density at radius 2 is 1.82 bits per heavy atom. The van der Waals surface area contributed by atoms with Crippen LogP contribution in [0.1, 0.15) is 40.5 Å². The third-order valence-corrected chi connectivity index (χ3v) is 6.76. The zero-order valence-corrected chi connectivity index (χ0v) is 19.0. The van der Waals surface area contributed by atoms with Crippen molar-refractivity contribution in [2.45, 2.75) is 25.7 Å². The van der Waals surface area contributed by atoms with Crippen LogP contribution in [0.5, 0.6) is 0 Å². The van der Waals surface area contributed by atoms with Gasteiger partial charge >= 0.3 is 0 Å². The van der Waals surface area contributed by atoms with Crippen LogP contribution < -0.4 is 10.2 Å². The van der Waals surface area contributed by atoms with Crippen LogP contribution in [0.4, 0.5) is 11.6 Å². The lowest BCUT2D eigenvalue weighted by Gasteiger charge is -2.33. The SMILES string of the molecule is Cc1cccc2nc(C(=O)Nc3nc4cc(N5CCC(c6ccccc6)CC5)ccc4[nH]3)cn12. The van der Waals surface area contributed by atoms with Gasteiger partial charge in [-0.25, -0.2) is 9.97 Å². The van der Waals surface area contributed by atoms with Gasteiger partial charge in [-0.3, -0.25) is 10.1 Å². The van der Waals surface area contributed by atoms with E-state index in [0.717, 1.165) is 48.3 Å². The van der Waals surface area contributed by atoms with E-state index < -0.39 is 0 Å². The van der Waals surface area contributed by atoms with Crippen LogP contribution in [0.25, 0.3) is 16.7 Å². The van der Waals surface area contributed by atoms with Crippen LogP contribution in [0, 0.1) is 6.92 Å². The molecule has 1 aliphatic rings. The van der Waals surface area contributed by atoms with Crippen molar-refractivity contribution in [1.82, 2.24) is 19.4 Å². The molecule has 0 aliphatic carbocycles. The molecule has 0 spiro atoms. The summed E-state index contributed by atoms with van der Waals surface area (Å²) in [7, 11) is 0. The summed E-state index contributed by atoms with van der Waals surface area (Å²) in [5.41, 5.74) is 6.46. The maximum Gasteiger partial charge on any atom is 0.278 e. The lowest BCUT2D eigenvalue weighted by atomic mass is 9.89. The monoisotopic (exact) mass is 450 g/mol. The number of amides is 1. The molecule has 0 radical (unpaired) electrons. The molecule has 1 amide bonds. The third kappa shape index (κ3) is 3.79. The molecule has 2 N–H and O–H groups in total. The van der Waals surface area contributed by atoms with Gasteiger partial charge in [0, 0.05) is 30.7 Å². The molecule has 2 aromatic carbocycles. The minimum Gasteiger partial charge on any atom is -0.371 e. The van der Waals surface area contributed by atoms with Crippen molar-refractivity contribution in [2.75, 3.05) is 23.3 Å². The average molecular weight is 451 g/mol. The van der Waals surface area contributed by atoms with Crippen molar-refractivity contribution in [3.05, 3.63) is 89.9 Å². The van der Waals surface area contributed by atoms with Gasteiger partial charge in [0.2, 0.25) is 5.95 Å². The van der Waals surface area contributed by atoms with Crippen LogP contribution in [0.3, 0.4) is 0 Å². The molecule has 1 aliphatic heterocycles. The second-order valence-electron chi connectivity index (χ2n) is 8.93. The first-order chi connectivity index (χ1) is 16.6. The van der Waals surface area contributed by atoms with Gasteiger partial charge in [-0.05, 0) is 61.6 Å². The molecule has 1 saturated heterocycles. The zero-order chi connectivity index (χ0) is 23.1. The lowest BCUT2D eigenvalue weighted by Crippen LogP contribution is -2.32. The molecular formula is C27H26N6O. The van der Waals surface area contributed by atoms with Crippen molar-refractivity contribution in [3.63, 3.8) is 0 Å². The first kappa shape index (κ1) is 20.5. The number of aromatic nitrogens is 4. The van der Waals surface area contributed by atoms with Crippen LogP contribution in [0.2, 0.25) is 0 Å². The molecule has 7 heteroatoms. The zero-order valence-electron chi connectivity index (χ0n) is 19.0. The molecule has 7 nitrogen and oxygen atoms in total. The Kier molecular flexibility index (Phi) is 5.02. The number of piperidine rings is 1. The molecule has 170 valence electrons. The summed E-state index contributed by atoms with van der Waals surface area (Å²) in [5, 5.41) is 2.86. The summed E-state index contributed by atoms with van der Waals surface area (Å²) in [4.78, 5) is 27.5. The summed E-state index contributed by atoms with van der Waals surface area (Å²) in [6, 6.07) is 22.8. The predicted octanol–water partition coefficient (Wildman–Crippen LogP) is 5.16. The quantitative estimate of drug-likeness (QED) is 0.397. The Labute approximate surface area is 197 Å². The van der Waals surface area contributed by atoms with E-state index in [9.17, 15) is 4.79 Å². The van der Waals surface area contributed by atoms with E-state index >= 15 is 0 Å². The number of imidazole rings is 2. The minimum absolute atomic E-state index is 0.287. The van der Waals surface area contributed by atoms with E-state index in [4.69, 9.17) is 0 Å². The summed E-state index contributed by atoms with van der Waals surface area (Å²) < 4.78 is 1.90. The number of aromatic amines is 1. The second-order valence-corrected chi connectivity index (χ2v) is 8.93. The summed E-state index contributed by atoms with van der Waals surface area (Å²) in [6.07, 6.45) is 4.03. The van der Waals surface area contributed by atoms with Gasteiger partial charge in [0.1, 0.15) is 11.3 Å². The number of H-pyrrole nitrogens is 1. The van der Waals surface area contributed by atoms with Crippen molar-refractivity contribution in [2.24, 2.45) is 0 Å². The normalized spacial score (nSPS) is 14.7. The van der Waals surface area contributed by atoms with E-state index in [1.54, 1.807) is 6.20 Å². The Balaban J connectivity index is 1.16. The maximum atomic E-state index is 12.8. The van der Waals surface area contributed by atoms with E-state index in [2.05, 4.69) is 67.6 Å². The minimum atomic E-state index is -0.287. The van der Waals surface area contributed by atoms with E-state index in [1.165, 1.54) is 11.3 Å². The highest BCUT2D eigenvalue weighted by Crippen LogP contribution is 2.31. The van der Waals surface area contributed by atoms with Gasteiger partial charge in [-0.2, -0.15) is 0 Å². The van der Waals surface area contributed by atoms with Crippen molar-refractivity contribution >= 4 is 34.2 Å². The molecule has 0 bridgehead atoms. The Bertz CT molecular complexity index is 1480. The number of rotatable bonds is 4. The third-order valence-electron chi connectivity index (χ3n) is 6.76. The highest BCUT2D eigenvalue weighted by atomic mass is 16.2. The van der Waals surface area contributed by atoms with E-state index in [0.29, 0.717) is 17.6 Å². The number of benzene rings is 2. The number of nitrogens with one attached hydrogen (secondary N) is 2. The summed E-state index contributed by atoms with van der Waals surface area (Å²) in [6.45, 7) is 4.02. The number of carbonyl (C=O) groups excluding carboxylic acids is 1. The largest absolute Gasteiger partial charge is 0.371 e. The molecule has 6 rings (SSSR count). The topological polar surface area (TPSA) is 78.3 Å². The number of hydrogen-bond donors (Lipinski definition) is 2. The Morgan fingerprint density at radius 3 is 2.62 bits per heavy atom. The number of hydrogen-bond acceptors (Lipinski definition) is 4. The van der Waals surface area contributed by atoms with E-state index in [1.807, 2.05) is 35.6 Å². The van der Waals surface area contributed by atoms with E-state index in [-0.39, 0.29) is 5.91 Å². The molecule has 0 saturated carbocycles. The van der Waals surface area contributed by atoms with Crippen molar-refractivity contribution in [1.29, 1.82) is 0 Å².